The highest BCUT2D eigenvalue weighted by Crippen LogP contribution is 2.45. The minimum atomic E-state index is -1.03. The fraction of sp³-hybridized carbons (Fsp3) is 0.433. The SMILES string of the molecule is CC.Cc1cccnc1N1C[C@](C)(c2cccc(F)c2F)c2c(cnc(NC3CN(C4CC4)C3)c2C)C1=O. The summed E-state index contributed by atoms with van der Waals surface area (Å²) < 4.78 is 29.8. The lowest BCUT2D eigenvalue weighted by atomic mass is 9.70. The molecule has 8 heteroatoms. The number of carbonyl (C=O) groups excluding carboxylic acids is 1. The first-order valence-electron chi connectivity index (χ1n) is 13.5. The molecule has 2 fully saturated rings. The number of hydrogen-bond donors (Lipinski definition) is 1. The molecule has 0 radical (unpaired) electrons. The Labute approximate surface area is 223 Å². The van der Waals surface area contributed by atoms with Gasteiger partial charge in [-0.3, -0.25) is 14.6 Å². The van der Waals surface area contributed by atoms with E-state index in [1.54, 1.807) is 29.4 Å². The summed E-state index contributed by atoms with van der Waals surface area (Å²) in [5.41, 5.74) is 1.85. The van der Waals surface area contributed by atoms with Gasteiger partial charge in [-0.2, -0.15) is 0 Å². The highest BCUT2D eigenvalue weighted by Gasteiger charge is 2.46. The minimum Gasteiger partial charge on any atom is -0.365 e. The van der Waals surface area contributed by atoms with Gasteiger partial charge >= 0.3 is 0 Å². The van der Waals surface area contributed by atoms with Crippen LogP contribution in [0.4, 0.5) is 20.4 Å². The molecule has 1 N–H and O–H groups in total. The van der Waals surface area contributed by atoms with Crippen molar-refractivity contribution in [3.8, 4) is 0 Å². The van der Waals surface area contributed by atoms with Crippen molar-refractivity contribution < 1.29 is 13.6 Å². The summed E-state index contributed by atoms with van der Waals surface area (Å²) in [6.45, 7) is 11.7. The Morgan fingerprint density at radius 2 is 1.79 bits per heavy atom. The van der Waals surface area contributed by atoms with Crippen LogP contribution in [0.25, 0.3) is 0 Å². The summed E-state index contributed by atoms with van der Waals surface area (Å²) in [5, 5.41) is 3.53. The van der Waals surface area contributed by atoms with Crippen molar-refractivity contribution in [1.82, 2.24) is 14.9 Å². The fourth-order valence-corrected chi connectivity index (χ4v) is 5.86. The lowest BCUT2D eigenvalue weighted by Gasteiger charge is -2.44. The molecule has 38 heavy (non-hydrogen) atoms. The standard InChI is InChI=1S/C28H29F2N5O.C2H6/c1-16-6-5-11-31-26(16)35-15-28(3,21-7-4-8-22(29)24(21)30)23-17(2)25(32-12-20(23)27(35)36)33-18-13-34(14-18)19-9-10-19;1-2/h4-8,11-12,18-19H,9-10,13-15H2,1-3H3,(H,32,33);1-2H3/t28-;/m1./s1. The van der Waals surface area contributed by atoms with Crippen molar-refractivity contribution in [2.75, 3.05) is 29.9 Å². The molecule has 6 rings (SSSR count). The molecule has 0 bridgehead atoms. The topological polar surface area (TPSA) is 61.4 Å². The molecule has 1 aromatic carbocycles. The van der Waals surface area contributed by atoms with Crippen molar-refractivity contribution >= 4 is 17.5 Å². The number of fused-ring (bicyclic) bond motifs is 1. The number of halogens is 2. The minimum absolute atomic E-state index is 0.125. The molecule has 1 aliphatic carbocycles. The number of rotatable bonds is 5. The monoisotopic (exact) mass is 519 g/mol. The third-order valence-electron chi connectivity index (χ3n) is 7.92. The van der Waals surface area contributed by atoms with Crippen LogP contribution in [0.3, 0.4) is 0 Å². The van der Waals surface area contributed by atoms with Crippen molar-refractivity contribution in [2.45, 2.75) is 65.0 Å². The average molecular weight is 520 g/mol. The molecule has 1 saturated heterocycles. The second kappa shape index (κ2) is 10.1. The maximum absolute atomic E-state index is 15.3. The number of benzene rings is 1. The molecule has 200 valence electrons. The molecule has 2 aliphatic heterocycles. The Bertz CT molecular complexity index is 1370. The third kappa shape index (κ3) is 4.34. The van der Waals surface area contributed by atoms with Crippen LogP contribution in [0.5, 0.6) is 0 Å². The van der Waals surface area contributed by atoms with Crippen LogP contribution in [-0.2, 0) is 5.41 Å². The molecular formula is C30H35F2N5O. The number of likely N-dealkylation sites (tertiary alicyclic amines) is 1. The summed E-state index contributed by atoms with van der Waals surface area (Å²) in [6.07, 6.45) is 5.75. The van der Waals surface area contributed by atoms with Gasteiger partial charge in [0, 0.05) is 49.0 Å². The van der Waals surface area contributed by atoms with E-state index in [1.807, 2.05) is 40.7 Å². The van der Waals surface area contributed by atoms with Crippen molar-refractivity contribution in [1.29, 1.82) is 0 Å². The largest absolute Gasteiger partial charge is 0.365 e. The van der Waals surface area contributed by atoms with Gasteiger partial charge in [-0.05, 0) is 62.4 Å². The summed E-state index contributed by atoms with van der Waals surface area (Å²) in [5.74, 6) is -0.861. The number of hydrogen-bond acceptors (Lipinski definition) is 5. The summed E-state index contributed by atoms with van der Waals surface area (Å²) in [7, 11) is 0. The van der Waals surface area contributed by atoms with Gasteiger partial charge in [0.2, 0.25) is 0 Å². The molecule has 1 amide bonds. The first-order valence-corrected chi connectivity index (χ1v) is 13.5. The van der Waals surface area contributed by atoms with Gasteiger partial charge < -0.3 is 5.32 Å². The molecule has 4 heterocycles. The number of carbonyl (C=O) groups is 1. The lowest BCUT2D eigenvalue weighted by molar-refractivity contribution is 0.0969. The van der Waals surface area contributed by atoms with Gasteiger partial charge in [0.05, 0.1) is 11.6 Å². The van der Waals surface area contributed by atoms with Gasteiger partial charge in [0.15, 0.2) is 11.6 Å². The summed E-state index contributed by atoms with van der Waals surface area (Å²) in [6, 6.07) is 8.92. The molecule has 1 saturated carbocycles. The van der Waals surface area contributed by atoms with E-state index in [9.17, 15) is 9.18 Å². The predicted molar refractivity (Wildman–Crippen MR) is 146 cm³/mol. The zero-order chi connectivity index (χ0) is 27.2. The van der Waals surface area contributed by atoms with E-state index in [0.29, 0.717) is 22.8 Å². The van der Waals surface area contributed by atoms with Crippen LogP contribution in [0.1, 0.15) is 66.2 Å². The molecule has 1 atom stereocenters. The summed E-state index contributed by atoms with van der Waals surface area (Å²) in [4.78, 5) is 26.9. The summed E-state index contributed by atoms with van der Waals surface area (Å²) >= 11 is 0. The van der Waals surface area contributed by atoms with E-state index in [4.69, 9.17) is 0 Å². The first kappa shape index (κ1) is 26.2. The second-order valence-corrected chi connectivity index (χ2v) is 10.5. The van der Waals surface area contributed by atoms with Crippen LogP contribution in [0, 0.1) is 25.5 Å². The maximum Gasteiger partial charge on any atom is 0.261 e. The predicted octanol–water partition coefficient (Wildman–Crippen LogP) is 5.62. The maximum atomic E-state index is 15.3. The number of nitrogens with one attached hydrogen (secondary N) is 1. The normalized spacial score (nSPS) is 21.3. The quantitative estimate of drug-likeness (QED) is 0.474. The van der Waals surface area contributed by atoms with Gasteiger partial charge in [0.25, 0.3) is 5.91 Å². The Morgan fingerprint density at radius 3 is 2.47 bits per heavy atom. The van der Waals surface area contributed by atoms with E-state index in [-0.39, 0.29) is 24.1 Å². The molecular weight excluding hydrogens is 484 g/mol. The fourth-order valence-electron chi connectivity index (χ4n) is 5.86. The molecule has 0 spiro atoms. The molecule has 0 unspecified atom stereocenters. The van der Waals surface area contributed by atoms with Gasteiger partial charge in [-0.15, -0.1) is 0 Å². The van der Waals surface area contributed by atoms with E-state index in [1.165, 1.54) is 18.9 Å². The van der Waals surface area contributed by atoms with Crippen molar-refractivity contribution in [2.24, 2.45) is 0 Å². The van der Waals surface area contributed by atoms with Gasteiger partial charge in [-0.1, -0.05) is 32.0 Å². The van der Waals surface area contributed by atoms with Crippen LogP contribution < -0.4 is 10.2 Å². The van der Waals surface area contributed by atoms with Gasteiger partial charge in [0.1, 0.15) is 11.6 Å². The van der Waals surface area contributed by atoms with Crippen LogP contribution in [0.15, 0.2) is 42.7 Å². The van der Waals surface area contributed by atoms with E-state index in [0.717, 1.165) is 36.3 Å². The van der Waals surface area contributed by atoms with Crippen LogP contribution in [0.2, 0.25) is 0 Å². The van der Waals surface area contributed by atoms with Crippen LogP contribution in [-0.4, -0.2) is 52.5 Å². The lowest BCUT2D eigenvalue weighted by Crippen LogP contribution is -2.55. The Hall–Kier alpha value is -3.39. The van der Waals surface area contributed by atoms with E-state index < -0.39 is 17.0 Å². The zero-order valence-electron chi connectivity index (χ0n) is 22.7. The van der Waals surface area contributed by atoms with E-state index >= 15 is 4.39 Å². The number of pyridine rings is 2. The van der Waals surface area contributed by atoms with E-state index in [2.05, 4.69) is 20.2 Å². The molecule has 6 nitrogen and oxygen atoms in total. The molecule has 2 aromatic heterocycles. The van der Waals surface area contributed by atoms with Crippen molar-refractivity contribution in [3.05, 3.63) is 82.2 Å². The highest BCUT2D eigenvalue weighted by molar-refractivity contribution is 6.09. The first-order chi connectivity index (χ1) is 18.3. The zero-order valence-corrected chi connectivity index (χ0v) is 22.7. The number of aromatic nitrogens is 2. The van der Waals surface area contributed by atoms with Crippen LogP contribution >= 0.6 is 0 Å². The number of anilines is 2. The Morgan fingerprint density at radius 1 is 1.05 bits per heavy atom. The highest BCUT2D eigenvalue weighted by atomic mass is 19.2. The Kier molecular flexibility index (Phi) is 6.94. The molecule has 3 aromatic rings. The Balaban J connectivity index is 0.00000144. The number of aryl methyl sites for hydroxylation is 1. The van der Waals surface area contributed by atoms with Crippen molar-refractivity contribution in [3.63, 3.8) is 0 Å². The number of amides is 1. The smallest absolute Gasteiger partial charge is 0.261 e. The second-order valence-electron chi connectivity index (χ2n) is 10.5. The third-order valence-corrected chi connectivity index (χ3v) is 7.92. The van der Waals surface area contributed by atoms with Gasteiger partial charge in [-0.25, -0.2) is 18.7 Å². The number of nitrogens with zero attached hydrogens (tertiary/aromatic N) is 4. The molecule has 3 aliphatic rings. The average Bonchev–Trinajstić information content (AvgIpc) is 3.72.